The Kier molecular flexibility index (Phi) is 3.36. The van der Waals surface area contributed by atoms with Gasteiger partial charge in [-0.25, -0.2) is 4.79 Å². The number of rotatable bonds is 2. The summed E-state index contributed by atoms with van der Waals surface area (Å²) in [5.74, 6) is 0. The van der Waals surface area contributed by atoms with Crippen molar-refractivity contribution in [1.82, 2.24) is 0 Å². The number of ether oxygens (including phenoxy) is 1. The number of hydrogen-bond donors (Lipinski definition) is 1. The van der Waals surface area contributed by atoms with Crippen LogP contribution in [0, 0.1) is 0 Å². The van der Waals surface area contributed by atoms with E-state index in [1.807, 2.05) is 18.2 Å². The van der Waals surface area contributed by atoms with Crippen LogP contribution in [0.2, 0.25) is 0 Å². The van der Waals surface area contributed by atoms with E-state index in [1.165, 1.54) is 12.0 Å². The third-order valence-electron chi connectivity index (χ3n) is 3.81. The van der Waals surface area contributed by atoms with E-state index >= 15 is 0 Å². The zero-order chi connectivity index (χ0) is 12.3. The highest BCUT2D eigenvalue weighted by molar-refractivity contribution is 5.65. The molecule has 1 aromatic rings. The summed E-state index contributed by atoms with van der Waals surface area (Å²) < 4.78 is 5.30. The molecule has 92 valence electrons. The van der Waals surface area contributed by atoms with Crippen LogP contribution < -0.4 is 5.73 Å². The first-order valence-corrected chi connectivity index (χ1v) is 6.14. The van der Waals surface area contributed by atoms with Crippen molar-refractivity contribution in [2.24, 2.45) is 5.73 Å². The zero-order valence-corrected chi connectivity index (χ0v) is 10.2. The van der Waals surface area contributed by atoms with Crippen molar-refractivity contribution in [3.63, 3.8) is 0 Å². The molecule has 1 fully saturated rings. The van der Waals surface area contributed by atoms with Gasteiger partial charge in [-0.3, -0.25) is 0 Å². The van der Waals surface area contributed by atoms with E-state index in [0.717, 1.165) is 19.3 Å². The predicted octanol–water partition coefficient (Wildman–Crippen LogP) is 2.98. The van der Waals surface area contributed by atoms with Crippen LogP contribution in [0.25, 0.3) is 0 Å². The van der Waals surface area contributed by atoms with E-state index in [0.29, 0.717) is 0 Å². The average Bonchev–Trinajstić information content (AvgIpc) is 2.33. The fourth-order valence-electron chi connectivity index (χ4n) is 2.78. The lowest BCUT2D eigenvalue weighted by Gasteiger charge is -2.40. The standard InChI is InChI=1S/C14H19NO2/c1-14(11-7-3-2-4-8-11)10-6-5-9-12(14)17-13(15)16/h2-4,7-8,12H,5-6,9-10H2,1H3,(H2,15,16)/t12-,14-/m1/s1. The Morgan fingerprint density at radius 3 is 2.71 bits per heavy atom. The van der Waals surface area contributed by atoms with E-state index in [-0.39, 0.29) is 11.5 Å². The van der Waals surface area contributed by atoms with E-state index in [9.17, 15) is 4.79 Å². The van der Waals surface area contributed by atoms with E-state index in [1.54, 1.807) is 0 Å². The first-order valence-electron chi connectivity index (χ1n) is 6.14. The quantitative estimate of drug-likeness (QED) is 0.853. The highest BCUT2D eigenvalue weighted by atomic mass is 16.6. The van der Waals surface area contributed by atoms with Crippen LogP contribution >= 0.6 is 0 Å². The molecular weight excluding hydrogens is 214 g/mol. The van der Waals surface area contributed by atoms with Crippen LogP contribution in [0.1, 0.15) is 38.2 Å². The van der Waals surface area contributed by atoms with Crippen LogP contribution in [0.5, 0.6) is 0 Å². The molecule has 0 aromatic heterocycles. The van der Waals surface area contributed by atoms with Crippen molar-refractivity contribution in [3.05, 3.63) is 35.9 Å². The highest BCUT2D eigenvalue weighted by Crippen LogP contribution is 2.40. The monoisotopic (exact) mass is 233 g/mol. The minimum absolute atomic E-state index is 0.101. The SMILES string of the molecule is C[C@]1(c2ccccc2)CCCC[C@H]1OC(N)=O. The second kappa shape index (κ2) is 4.78. The topological polar surface area (TPSA) is 52.3 Å². The summed E-state index contributed by atoms with van der Waals surface area (Å²) in [7, 11) is 0. The summed E-state index contributed by atoms with van der Waals surface area (Å²) in [6, 6.07) is 10.2. The zero-order valence-electron chi connectivity index (χ0n) is 10.2. The van der Waals surface area contributed by atoms with Gasteiger partial charge in [-0.2, -0.15) is 0 Å². The molecule has 0 saturated heterocycles. The third-order valence-corrected chi connectivity index (χ3v) is 3.81. The maximum Gasteiger partial charge on any atom is 0.404 e. The number of benzene rings is 1. The molecule has 2 atom stereocenters. The second-order valence-electron chi connectivity index (χ2n) is 4.95. The molecule has 0 heterocycles. The Balaban J connectivity index is 2.28. The Bertz CT molecular complexity index is 390. The third kappa shape index (κ3) is 2.43. The van der Waals surface area contributed by atoms with Crippen LogP contribution in [-0.4, -0.2) is 12.2 Å². The van der Waals surface area contributed by atoms with Gasteiger partial charge in [0.05, 0.1) is 0 Å². The number of hydrogen-bond acceptors (Lipinski definition) is 2. The largest absolute Gasteiger partial charge is 0.445 e. The van der Waals surface area contributed by atoms with Gasteiger partial charge in [0.25, 0.3) is 0 Å². The van der Waals surface area contributed by atoms with Gasteiger partial charge in [-0.1, -0.05) is 43.7 Å². The second-order valence-corrected chi connectivity index (χ2v) is 4.95. The van der Waals surface area contributed by atoms with Gasteiger partial charge >= 0.3 is 6.09 Å². The molecule has 1 aliphatic rings. The van der Waals surface area contributed by atoms with Crippen molar-refractivity contribution in [2.75, 3.05) is 0 Å². The Morgan fingerprint density at radius 2 is 2.06 bits per heavy atom. The molecule has 17 heavy (non-hydrogen) atoms. The fraction of sp³-hybridized carbons (Fsp3) is 0.500. The van der Waals surface area contributed by atoms with Crippen molar-refractivity contribution < 1.29 is 9.53 Å². The van der Waals surface area contributed by atoms with Crippen LogP contribution in [0.3, 0.4) is 0 Å². The summed E-state index contributed by atoms with van der Waals surface area (Å²) in [5.41, 5.74) is 6.29. The molecule has 0 aliphatic heterocycles. The van der Waals surface area contributed by atoms with Crippen molar-refractivity contribution in [3.8, 4) is 0 Å². The van der Waals surface area contributed by atoms with Gasteiger partial charge < -0.3 is 10.5 Å². The molecule has 2 rings (SSSR count). The Labute approximate surface area is 102 Å². The molecule has 1 amide bonds. The molecule has 0 radical (unpaired) electrons. The molecule has 1 aliphatic carbocycles. The number of carbonyl (C=O) groups excluding carboxylic acids is 1. The Morgan fingerprint density at radius 1 is 1.35 bits per heavy atom. The number of amides is 1. The summed E-state index contributed by atoms with van der Waals surface area (Å²) in [6.45, 7) is 2.16. The number of primary amides is 1. The molecule has 2 N–H and O–H groups in total. The van der Waals surface area contributed by atoms with Gasteiger partial charge in [-0.15, -0.1) is 0 Å². The lowest BCUT2D eigenvalue weighted by atomic mass is 9.69. The van der Waals surface area contributed by atoms with Gasteiger partial charge in [-0.05, 0) is 24.8 Å². The lowest BCUT2D eigenvalue weighted by molar-refractivity contribution is 0.0296. The normalized spacial score (nSPS) is 28.6. The molecular formula is C14H19NO2. The van der Waals surface area contributed by atoms with Crippen LogP contribution in [0.15, 0.2) is 30.3 Å². The number of carbonyl (C=O) groups is 1. The van der Waals surface area contributed by atoms with Gasteiger partial charge in [0, 0.05) is 5.41 Å². The molecule has 0 spiro atoms. The van der Waals surface area contributed by atoms with Gasteiger partial charge in [0.2, 0.25) is 0 Å². The molecule has 3 heteroatoms. The maximum absolute atomic E-state index is 11.0. The first kappa shape index (κ1) is 12.0. The predicted molar refractivity (Wildman–Crippen MR) is 66.7 cm³/mol. The molecule has 1 saturated carbocycles. The molecule has 1 aromatic carbocycles. The lowest BCUT2D eigenvalue weighted by Crippen LogP contribution is -2.43. The van der Waals surface area contributed by atoms with E-state index in [2.05, 4.69) is 19.1 Å². The molecule has 0 unspecified atom stereocenters. The summed E-state index contributed by atoms with van der Waals surface area (Å²) >= 11 is 0. The van der Waals surface area contributed by atoms with E-state index < -0.39 is 6.09 Å². The van der Waals surface area contributed by atoms with Crippen molar-refractivity contribution in [1.29, 1.82) is 0 Å². The van der Waals surface area contributed by atoms with E-state index in [4.69, 9.17) is 10.5 Å². The van der Waals surface area contributed by atoms with Gasteiger partial charge in [0.15, 0.2) is 0 Å². The number of nitrogens with two attached hydrogens (primary N) is 1. The maximum atomic E-state index is 11.0. The fourth-order valence-corrected chi connectivity index (χ4v) is 2.78. The minimum atomic E-state index is -0.668. The highest BCUT2D eigenvalue weighted by Gasteiger charge is 2.40. The van der Waals surface area contributed by atoms with Gasteiger partial charge in [0.1, 0.15) is 6.10 Å². The summed E-state index contributed by atoms with van der Waals surface area (Å²) in [4.78, 5) is 11.0. The smallest absolute Gasteiger partial charge is 0.404 e. The van der Waals surface area contributed by atoms with Crippen LogP contribution in [-0.2, 0) is 10.2 Å². The summed E-state index contributed by atoms with van der Waals surface area (Å²) in [5, 5.41) is 0. The van der Waals surface area contributed by atoms with Crippen LogP contribution in [0.4, 0.5) is 4.79 Å². The summed E-state index contributed by atoms with van der Waals surface area (Å²) in [6.07, 6.45) is 3.43. The average molecular weight is 233 g/mol. The molecule has 0 bridgehead atoms. The Hall–Kier alpha value is -1.51. The van der Waals surface area contributed by atoms with Crippen molar-refractivity contribution in [2.45, 2.75) is 44.1 Å². The van der Waals surface area contributed by atoms with Crippen molar-refractivity contribution >= 4 is 6.09 Å². The first-order chi connectivity index (χ1) is 8.13. The molecule has 3 nitrogen and oxygen atoms in total. The minimum Gasteiger partial charge on any atom is -0.445 e.